The van der Waals surface area contributed by atoms with Crippen LogP contribution in [0.2, 0.25) is 0 Å². The van der Waals surface area contributed by atoms with Crippen LogP contribution in [-0.4, -0.2) is 40.1 Å². The Balaban J connectivity index is 1.89. The molecule has 1 aliphatic rings. The summed E-state index contributed by atoms with van der Waals surface area (Å²) in [5.74, 6) is -1.32. The van der Waals surface area contributed by atoms with Crippen LogP contribution in [0.15, 0.2) is 30.3 Å². The summed E-state index contributed by atoms with van der Waals surface area (Å²) in [5, 5.41) is 17.8. The molecule has 2 N–H and O–H groups in total. The van der Waals surface area contributed by atoms with Gasteiger partial charge in [-0.1, -0.05) is 12.1 Å². The summed E-state index contributed by atoms with van der Waals surface area (Å²) in [5.41, 5.74) is 0.802. The number of hydrogen-bond donors (Lipinski definition) is 2. The Hall–Kier alpha value is -2.30. The van der Waals surface area contributed by atoms with Gasteiger partial charge in [0.25, 0.3) is 0 Å². The Bertz CT molecular complexity index is 486. The number of carboxylic acid groups (broad SMARTS) is 1. The molecule has 0 atom stereocenters. The molecule has 1 saturated heterocycles. The number of phenolic OH excluding ortho intramolecular Hbond substituents is 1. The zero-order valence-electron chi connectivity index (χ0n) is 9.61. The lowest BCUT2D eigenvalue weighted by atomic mass is 10.0. The molecule has 0 aromatic heterocycles. The van der Waals surface area contributed by atoms with Crippen LogP contribution in [0.5, 0.6) is 5.75 Å². The van der Waals surface area contributed by atoms with Crippen molar-refractivity contribution in [3.8, 4) is 5.75 Å². The van der Waals surface area contributed by atoms with Gasteiger partial charge in [0.2, 0.25) is 5.91 Å². The van der Waals surface area contributed by atoms with Crippen molar-refractivity contribution in [2.45, 2.75) is 0 Å². The molecule has 1 aromatic rings. The molecule has 18 heavy (non-hydrogen) atoms. The number of carbonyl (C=O) groups excluding carboxylic acids is 1. The topological polar surface area (TPSA) is 77.8 Å². The second-order valence-corrected chi connectivity index (χ2v) is 4.20. The second kappa shape index (κ2) is 4.91. The summed E-state index contributed by atoms with van der Waals surface area (Å²) < 4.78 is 0. The first-order chi connectivity index (χ1) is 8.56. The second-order valence-electron chi connectivity index (χ2n) is 4.20. The first kappa shape index (κ1) is 12.2. The zero-order chi connectivity index (χ0) is 13.1. The number of likely N-dealkylation sites (tertiary alicyclic amines) is 1. The smallest absolute Gasteiger partial charge is 0.310 e. The molecule has 0 spiro atoms. The van der Waals surface area contributed by atoms with Gasteiger partial charge in [0.1, 0.15) is 5.75 Å². The lowest BCUT2D eigenvalue weighted by Crippen LogP contribution is -2.52. The Kier molecular flexibility index (Phi) is 3.32. The normalized spacial score (nSPS) is 15.7. The van der Waals surface area contributed by atoms with E-state index in [1.54, 1.807) is 18.2 Å². The number of hydrogen-bond acceptors (Lipinski definition) is 3. The number of carbonyl (C=O) groups is 2. The SMILES string of the molecule is O=C(O)C1CN(C(=O)C=Cc2ccc(O)cc2)C1. The Morgan fingerprint density at radius 1 is 1.22 bits per heavy atom. The van der Waals surface area contributed by atoms with Crippen LogP contribution in [0.4, 0.5) is 0 Å². The number of rotatable bonds is 3. The van der Waals surface area contributed by atoms with Crippen LogP contribution in [0, 0.1) is 5.92 Å². The van der Waals surface area contributed by atoms with E-state index in [0.717, 1.165) is 5.56 Å². The summed E-state index contributed by atoms with van der Waals surface area (Å²) in [6, 6.07) is 6.45. The number of aliphatic carboxylic acids is 1. The summed E-state index contributed by atoms with van der Waals surface area (Å²) in [4.78, 5) is 23.7. The molecule has 0 unspecified atom stereocenters. The highest BCUT2D eigenvalue weighted by Gasteiger charge is 2.34. The average molecular weight is 247 g/mol. The minimum atomic E-state index is -0.860. The maximum Gasteiger partial charge on any atom is 0.310 e. The quantitative estimate of drug-likeness (QED) is 0.779. The van der Waals surface area contributed by atoms with Gasteiger partial charge < -0.3 is 15.1 Å². The first-order valence-corrected chi connectivity index (χ1v) is 5.55. The largest absolute Gasteiger partial charge is 0.508 e. The number of carboxylic acids is 1. The summed E-state index contributed by atoms with van der Waals surface area (Å²) in [7, 11) is 0. The van der Waals surface area contributed by atoms with Crippen molar-refractivity contribution < 1.29 is 19.8 Å². The Labute approximate surface area is 104 Å². The average Bonchev–Trinajstić information content (AvgIpc) is 2.25. The van der Waals surface area contributed by atoms with Gasteiger partial charge in [0.15, 0.2) is 0 Å². The monoisotopic (exact) mass is 247 g/mol. The van der Waals surface area contributed by atoms with E-state index >= 15 is 0 Å². The van der Waals surface area contributed by atoms with E-state index in [1.807, 2.05) is 0 Å². The van der Waals surface area contributed by atoms with E-state index in [-0.39, 0.29) is 24.7 Å². The number of benzene rings is 1. The molecule has 0 bridgehead atoms. The van der Waals surface area contributed by atoms with Crippen molar-refractivity contribution in [1.29, 1.82) is 0 Å². The van der Waals surface area contributed by atoms with Crippen molar-refractivity contribution in [2.75, 3.05) is 13.1 Å². The van der Waals surface area contributed by atoms with Gasteiger partial charge in [-0.15, -0.1) is 0 Å². The van der Waals surface area contributed by atoms with Crippen LogP contribution in [0.1, 0.15) is 5.56 Å². The molecule has 1 amide bonds. The number of phenols is 1. The molecule has 1 fully saturated rings. The van der Waals surface area contributed by atoms with Gasteiger partial charge in [-0.05, 0) is 23.8 Å². The van der Waals surface area contributed by atoms with Crippen molar-refractivity contribution in [3.63, 3.8) is 0 Å². The maximum atomic E-state index is 11.6. The van der Waals surface area contributed by atoms with Gasteiger partial charge in [0.05, 0.1) is 5.92 Å². The van der Waals surface area contributed by atoms with Crippen LogP contribution in [0.3, 0.4) is 0 Å². The molecule has 1 aromatic carbocycles. The summed E-state index contributed by atoms with van der Waals surface area (Å²) >= 11 is 0. The van der Waals surface area contributed by atoms with Crippen molar-refractivity contribution in [3.05, 3.63) is 35.9 Å². The van der Waals surface area contributed by atoms with Crippen LogP contribution in [-0.2, 0) is 9.59 Å². The molecule has 1 heterocycles. The molecule has 5 heteroatoms. The Morgan fingerprint density at radius 2 is 1.83 bits per heavy atom. The number of amides is 1. The minimum absolute atomic E-state index is 0.172. The fraction of sp³-hybridized carbons (Fsp3) is 0.231. The molecule has 5 nitrogen and oxygen atoms in total. The summed E-state index contributed by atoms with van der Waals surface area (Å²) in [6.07, 6.45) is 3.04. The van der Waals surface area contributed by atoms with Crippen molar-refractivity contribution in [2.24, 2.45) is 5.92 Å². The maximum absolute atomic E-state index is 11.6. The standard InChI is InChI=1S/C13H13NO4/c15-11-4-1-9(2-5-11)3-6-12(16)14-7-10(8-14)13(17)18/h1-6,10,15H,7-8H2,(H,17,18). The third-order valence-corrected chi connectivity index (χ3v) is 2.85. The van der Waals surface area contributed by atoms with Gasteiger partial charge in [-0.25, -0.2) is 0 Å². The van der Waals surface area contributed by atoms with Crippen LogP contribution < -0.4 is 0 Å². The highest BCUT2D eigenvalue weighted by molar-refractivity contribution is 5.93. The fourth-order valence-corrected chi connectivity index (χ4v) is 1.67. The minimum Gasteiger partial charge on any atom is -0.508 e. The number of nitrogens with zero attached hydrogens (tertiary/aromatic N) is 1. The van der Waals surface area contributed by atoms with Gasteiger partial charge >= 0.3 is 5.97 Å². The highest BCUT2D eigenvalue weighted by atomic mass is 16.4. The predicted octanol–water partition coefficient (Wildman–Crippen LogP) is 0.948. The van der Waals surface area contributed by atoms with E-state index in [1.165, 1.54) is 23.1 Å². The molecule has 2 rings (SSSR count). The molecule has 0 aliphatic carbocycles. The third kappa shape index (κ3) is 2.68. The lowest BCUT2D eigenvalue weighted by molar-refractivity contribution is -0.151. The van der Waals surface area contributed by atoms with Gasteiger partial charge in [-0.3, -0.25) is 9.59 Å². The van der Waals surface area contributed by atoms with Crippen LogP contribution >= 0.6 is 0 Å². The van der Waals surface area contributed by atoms with Crippen molar-refractivity contribution >= 4 is 18.0 Å². The molecule has 1 aliphatic heterocycles. The van der Waals surface area contributed by atoms with E-state index < -0.39 is 11.9 Å². The van der Waals surface area contributed by atoms with Crippen molar-refractivity contribution in [1.82, 2.24) is 4.90 Å². The highest BCUT2D eigenvalue weighted by Crippen LogP contribution is 2.16. The molecule has 94 valence electrons. The first-order valence-electron chi connectivity index (χ1n) is 5.55. The van der Waals surface area contributed by atoms with E-state index in [0.29, 0.717) is 0 Å². The number of aromatic hydroxyl groups is 1. The van der Waals surface area contributed by atoms with E-state index in [9.17, 15) is 9.59 Å². The lowest BCUT2D eigenvalue weighted by Gasteiger charge is -2.35. The molecular weight excluding hydrogens is 234 g/mol. The predicted molar refractivity (Wildman–Crippen MR) is 64.8 cm³/mol. The van der Waals surface area contributed by atoms with Gasteiger partial charge in [0, 0.05) is 19.2 Å². The molecular formula is C13H13NO4. The van der Waals surface area contributed by atoms with Crippen LogP contribution in [0.25, 0.3) is 6.08 Å². The third-order valence-electron chi connectivity index (χ3n) is 2.85. The fourth-order valence-electron chi connectivity index (χ4n) is 1.67. The summed E-state index contributed by atoms with van der Waals surface area (Å²) in [6.45, 7) is 0.544. The zero-order valence-corrected chi connectivity index (χ0v) is 9.61. The molecule has 0 saturated carbocycles. The molecule has 0 radical (unpaired) electrons. The van der Waals surface area contributed by atoms with E-state index in [4.69, 9.17) is 10.2 Å². The van der Waals surface area contributed by atoms with Gasteiger partial charge in [-0.2, -0.15) is 0 Å². The van der Waals surface area contributed by atoms with E-state index in [2.05, 4.69) is 0 Å². The Morgan fingerprint density at radius 3 is 2.39 bits per heavy atom.